The maximum atomic E-state index is 15.4. The average molecular weight is 513 g/mol. The minimum Gasteiger partial charge on any atom is -0.348 e. The number of nitrogens with zero attached hydrogens (tertiary/aromatic N) is 5. The lowest BCUT2D eigenvalue weighted by atomic mass is 9.99. The minimum absolute atomic E-state index is 0.00721. The third-order valence-corrected chi connectivity index (χ3v) is 6.22. The Morgan fingerprint density at radius 2 is 2.00 bits per heavy atom. The molecule has 0 radical (unpaired) electrons. The third-order valence-electron chi connectivity index (χ3n) is 6.22. The van der Waals surface area contributed by atoms with E-state index >= 15 is 4.39 Å². The summed E-state index contributed by atoms with van der Waals surface area (Å²) in [5.41, 5.74) is 1.52. The number of carbonyl (C=O) groups excluding carboxylic acids is 3. The van der Waals surface area contributed by atoms with Gasteiger partial charge in [-0.05, 0) is 45.0 Å². The van der Waals surface area contributed by atoms with E-state index in [9.17, 15) is 19.6 Å². The van der Waals surface area contributed by atoms with Crippen molar-refractivity contribution in [2.24, 2.45) is 0 Å². The van der Waals surface area contributed by atoms with E-state index in [1.165, 1.54) is 23.7 Å². The van der Waals surface area contributed by atoms with Gasteiger partial charge in [0, 0.05) is 29.6 Å². The molecule has 1 fully saturated rings. The van der Waals surface area contributed by atoms with E-state index in [1.807, 2.05) is 0 Å². The number of halogens is 1. The Morgan fingerprint density at radius 3 is 2.71 bits per heavy atom. The zero-order chi connectivity index (χ0) is 27.2. The molecule has 4 aromatic rings. The summed E-state index contributed by atoms with van der Waals surface area (Å²) in [6, 6.07) is 11.2. The Bertz CT molecular complexity index is 1710. The SMILES string of the molecule is Cc1cc(-c2c(-c3cccc(C#N)c3)nn3ccc(C(=O)NCC4(C)NC(=O)NC4=O)nc23)c(F)c(C)n1. The monoisotopic (exact) mass is 512 g/mol. The van der Waals surface area contributed by atoms with Gasteiger partial charge in [0.1, 0.15) is 16.9 Å². The smallest absolute Gasteiger partial charge is 0.322 e. The number of carbonyl (C=O) groups is 3. The summed E-state index contributed by atoms with van der Waals surface area (Å²) in [6.07, 6.45) is 1.52. The summed E-state index contributed by atoms with van der Waals surface area (Å²) in [7, 11) is 0. The van der Waals surface area contributed by atoms with Gasteiger partial charge >= 0.3 is 6.03 Å². The van der Waals surface area contributed by atoms with Gasteiger partial charge in [0.15, 0.2) is 11.5 Å². The molecule has 5 rings (SSSR count). The summed E-state index contributed by atoms with van der Waals surface area (Å²) < 4.78 is 16.9. The third kappa shape index (κ3) is 4.20. The summed E-state index contributed by atoms with van der Waals surface area (Å²) in [5, 5.41) is 21.2. The molecule has 0 aliphatic carbocycles. The Balaban J connectivity index is 1.63. The van der Waals surface area contributed by atoms with Crippen molar-refractivity contribution in [3.8, 4) is 28.5 Å². The molecule has 38 heavy (non-hydrogen) atoms. The van der Waals surface area contributed by atoms with E-state index in [2.05, 4.69) is 37.1 Å². The molecule has 0 spiro atoms. The largest absolute Gasteiger partial charge is 0.348 e. The molecule has 0 bridgehead atoms. The van der Waals surface area contributed by atoms with Gasteiger partial charge in [-0.3, -0.25) is 19.9 Å². The number of rotatable bonds is 5. The lowest BCUT2D eigenvalue weighted by Gasteiger charge is -2.20. The summed E-state index contributed by atoms with van der Waals surface area (Å²) in [4.78, 5) is 45.2. The van der Waals surface area contributed by atoms with Gasteiger partial charge in [-0.25, -0.2) is 18.7 Å². The van der Waals surface area contributed by atoms with Crippen molar-refractivity contribution in [2.75, 3.05) is 6.54 Å². The van der Waals surface area contributed by atoms with Crippen molar-refractivity contribution in [1.82, 2.24) is 35.5 Å². The highest BCUT2D eigenvalue weighted by Crippen LogP contribution is 2.37. The normalized spacial score (nSPS) is 16.7. The van der Waals surface area contributed by atoms with Crippen LogP contribution in [0.5, 0.6) is 0 Å². The molecule has 4 heterocycles. The van der Waals surface area contributed by atoms with Crippen LogP contribution in [0.2, 0.25) is 0 Å². The minimum atomic E-state index is -1.31. The van der Waals surface area contributed by atoms with Gasteiger partial charge in [-0.15, -0.1) is 0 Å². The van der Waals surface area contributed by atoms with Gasteiger partial charge in [-0.2, -0.15) is 10.4 Å². The molecule has 1 aliphatic heterocycles. The van der Waals surface area contributed by atoms with E-state index in [1.54, 1.807) is 44.2 Å². The average Bonchev–Trinajstić information content (AvgIpc) is 3.40. The van der Waals surface area contributed by atoms with Gasteiger partial charge in [-0.1, -0.05) is 12.1 Å². The fraction of sp³-hybridized carbons (Fsp3) is 0.192. The fourth-order valence-corrected chi connectivity index (χ4v) is 4.29. The molecule has 0 saturated carbocycles. The molecule has 1 aromatic carbocycles. The van der Waals surface area contributed by atoms with Crippen LogP contribution in [0.4, 0.5) is 9.18 Å². The van der Waals surface area contributed by atoms with Crippen molar-refractivity contribution in [2.45, 2.75) is 26.3 Å². The molecule has 1 atom stereocenters. The number of nitrogens with one attached hydrogen (secondary N) is 3. The van der Waals surface area contributed by atoms with Crippen molar-refractivity contribution in [3.05, 3.63) is 71.1 Å². The zero-order valence-corrected chi connectivity index (χ0v) is 20.6. The Hall–Kier alpha value is -5.18. The lowest BCUT2D eigenvalue weighted by Crippen LogP contribution is -2.52. The number of pyridine rings is 1. The van der Waals surface area contributed by atoms with E-state index < -0.39 is 29.2 Å². The van der Waals surface area contributed by atoms with Crippen LogP contribution in [-0.2, 0) is 4.79 Å². The number of amides is 4. The fourth-order valence-electron chi connectivity index (χ4n) is 4.29. The van der Waals surface area contributed by atoms with Crippen molar-refractivity contribution in [3.63, 3.8) is 0 Å². The van der Waals surface area contributed by atoms with E-state index in [0.717, 1.165) is 0 Å². The second-order valence-corrected chi connectivity index (χ2v) is 9.13. The molecule has 3 N–H and O–H groups in total. The first-order chi connectivity index (χ1) is 18.1. The van der Waals surface area contributed by atoms with E-state index in [-0.39, 0.29) is 29.1 Å². The quantitative estimate of drug-likeness (QED) is 0.347. The maximum absolute atomic E-state index is 15.4. The maximum Gasteiger partial charge on any atom is 0.322 e. The van der Waals surface area contributed by atoms with Gasteiger partial charge in [0.2, 0.25) is 0 Å². The van der Waals surface area contributed by atoms with Crippen LogP contribution in [-0.4, -0.2) is 49.5 Å². The zero-order valence-electron chi connectivity index (χ0n) is 20.6. The molecule has 1 saturated heterocycles. The highest BCUT2D eigenvalue weighted by Gasteiger charge is 2.42. The van der Waals surface area contributed by atoms with Crippen molar-refractivity contribution < 1.29 is 18.8 Å². The number of hydrogen-bond acceptors (Lipinski definition) is 7. The number of imide groups is 1. The second-order valence-electron chi connectivity index (χ2n) is 9.13. The number of hydrogen-bond donors (Lipinski definition) is 3. The highest BCUT2D eigenvalue weighted by atomic mass is 19.1. The standard InChI is InChI=1S/C26H21FN8O3/c1-13-9-17(20(27)14(2)30-13)19-21(16-6-4-5-15(10-16)11-28)34-35-8-7-18(31-22(19)35)23(36)29-12-26(3)24(37)32-25(38)33-26/h4-10H,12H2,1-3H3,(H,29,36)(H2,32,33,37,38). The number of urea groups is 1. The predicted octanol–water partition coefficient (Wildman–Crippen LogP) is 2.41. The molecule has 190 valence electrons. The van der Waals surface area contributed by atoms with Crippen LogP contribution in [0.3, 0.4) is 0 Å². The second kappa shape index (κ2) is 9.04. The lowest BCUT2D eigenvalue weighted by molar-refractivity contribution is -0.123. The molecule has 12 heteroatoms. The molecule has 3 aromatic heterocycles. The Labute approximate surface area is 215 Å². The Kier molecular flexibility index (Phi) is 5.83. The van der Waals surface area contributed by atoms with Gasteiger partial charge in [0.25, 0.3) is 11.8 Å². The number of aryl methyl sites for hydroxylation is 2. The molecule has 1 unspecified atom stereocenters. The first-order valence-corrected chi connectivity index (χ1v) is 11.6. The predicted molar refractivity (Wildman–Crippen MR) is 133 cm³/mol. The van der Waals surface area contributed by atoms with Crippen molar-refractivity contribution in [1.29, 1.82) is 5.26 Å². The number of aromatic nitrogens is 4. The summed E-state index contributed by atoms with van der Waals surface area (Å²) in [5.74, 6) is -1.73. The van der Waals surface area contributed by atoms with Gasteiger partial charge in [0.05, 0.1) is 22.9 Å². The summed E-state index contributed by atoms with van der Waals surface area (Å²) >= 11 is 0. The van der Waals surface area contributed by atoms with Gasteiger partial charge < -0.3 is 10.6 Å². The van der Waals surface area contributed by atoms with Crippen LogP contribution in [0.25, 0.3) is 28.0 Å². The van der Waals surface area contributed by atoms with Crippen LogP contribution < -0.4 is 16.0 Å². The molecule has 1 aliphatic rings. The molecule has 4 amide bonds. The number of benzene rings is 1. The Morgan fingerprint density at radius 1 is 1.21 bits per heavy atom. The van der Waals surface area contributed by atoms with Crippen LogP contribution in [0, 0.1) is 31.0 Å². The molecular weight excluding hydrogens is 491 g/mol. The highest BCUT2D eigenvalue weighted by molar-refractivity contribution is 6.07. The summed E-state index contributed by atoms with van der Waals surface area (Å²) in [6.45, 7) is 4.60. The van der Waals surface area contributed by atoms with Crippen LogP contribution >= 0.6 is 0 Å². The van der Waals surface area contributed by atoms with E-state index in [0.29, 0.717) is 28.1 Å². The number of fused-ring (bicyclic) bond motifs is 1. The number of nitriles is 1. The van der Waals surface area contributed by atoms with Crippen molar-refractivity contribution >= 4 is 23.5 Å². The van der Waals surface area contributed by atoms with E-state index in [4.69, 9.17) is 0 Å². The first kappa shape index (κ1) is 24.5. The van der Waals surface area contributed by atoms with Crippen LogP contribution in [0.15, 0.2) is 42.6 Å². The van der Waals surface area contributed by atoms with Crippen LogP contribution in [0.1, 0.15) is 34.4 Å². The topological polar surface area (TPSA) is 154 Å². The molecule has 11 nitrogen and oxygen atoms in total. The first-order valence-electron chi connectivity index (χ1n) is 11.6. The molecular formula is C26H21FN8O3.